The number of hydrogen-bond donors (Lipinski definition) is 1. The van der Waals surface area contributed by atoms with Crippen LogP contribution in [0.25, 0.3) is 0 Å². The third-order valence-electron chi connectivity index (χ3n) is 8.73. The van der Waals surface area contributed by atoms with Gasteiger partial charge in [0.1, 0.15) is 6.04 Å². The van der Waals surface area contributed by atoms with Crippen LogP contribution in [0.1, 0.15) is 53.9 Å². The van der Waals surface area contributed by atoms with Crippen LogP contribution in [0.2, 0.25) is 0 Å². The van der Waals surface area contributed by atoms with Crippen LogP contribution in [0.5, 0.6) is 0 Å². The predicted octanol–water partition coefficient (Wildman–Crippen LogP) is 4.27. The second-order valence-corrected chi connectivity index (χ2v) is 14.9. The Hall–Kier alpha value is -2.58. The van der Waals surface area contributed by atoms with Gasteiger partial charge in [-0.15, -0.1) is 11.8 Å². The molecule has 0 aliphatic carbocycles. The molecule has 8 heteroatoms. The Morgan fingerprint density at radius 2 is 1.68 bits per heavy atom. The van der Waals surface area contributed by atoms with Crippen LogP contribution in [0.4, 0.5) is 5.69 Å². The third kappa shape index (κ3) is 4.91. The molecule has 7 nitrogen and oxygen atoms in total. The first-order valence-corrected chi connectivity index (χ1v) is 15.4. The summed E-state index contributed by atoms with van der Waals surface area (Å²) in [6, 6.07) is 8.92. The van der Waals surface area contributed by atoms with Gasteiger partial charge in [0.2, 0.25) is 17.7 Å². The van der Waals surface area contributed by atoms with Gasteiger partial charge >= 0.3 is 0 Å². The van der Waals surface area contributed by atoms with Crippen molar-refractivity contribution in [2.75, 3.05) is 31.1 Å². The van der Waals surface area contributed by atoms with E-state index in [1.807, 2.05) is 41.3 Å². The van der Waals surface area contributed by atoms with Crippen molar-refractivity contribution in [2.24, 2.45) is 17.3 Å². The van der Waals surface area contributed by atoms with Gasteiger partial charge in [-0.1, -0.05) is 63.3 Å². The molecule has 1 unspecified atom stereocenters. The lowest BCUT2D eigenvalue weighted by molar-refractivity contribution is -0.146. The zero-order valence-electron chi connectivity index (χ0n) is 24.4. The minimum Gasteiger partial charge on any atom is -0.396 e. The molecule has 4 aliphatic heterocycles. The fourth-order valence-electron chi connectivity index (χ4n) is 7.55. The number of fused-ring (bicyclic) bond motifs is 2. The zero-order chi connectivity index (χ0) is 28.9. The summed E-state index contributed by atoms with van der Waals surface area (Å²) in [5.41, 5.74) is 0.407. The highest BCUT2D eigenvalue weighted by Crippen LogP contribution is 2.61. The van der Waals surface area contributed by atoms with Crippen molar-refractivity contribution < 1.29 is 19.5 Å². The van der Waals surface area contributed by atoms with E-state index >= 15 is 0 Å². The molecule has 2 fully saturated rings. The number of para-hydroxylation sites is 1. The number of aliphatic hydroxyl groups is 1. The van der Waals surface area contributed by atoms with Crippen molar-refractivity contribution in [3.63, 3.8) is 0 Å². The number of aliphatic hydroxyl groups excluding tert-OH is 1. The molecule has 3 amide bonds. The van der Waals surface area contributed by atoms with Crippen LogP contribution in [0.3, 0.4) is 0 Å². The first-order chi connectivity index (χ1) is 18.9. The fourth-order valence-corrected chi connectivity index (χ4v) is 9.56. The maximum Gasteiger partial charge on any atom is 0.247 e. The highest BCUT2D eigenvalue weighted by Gasteiger charge is 2.71. The van der Waals surface area contributed by atoms with E-state index in [1.165, 1.54) is 0 Å². The Kier molecular flexibility index (Phi) is 7.72. The summed E-state index contributed by atoms with van der Waals surface area (Å²) in [6.07, 6.45) is 10.2. The van der Waals surface area contributed by atoms with Crippen LogP contribution in [0, 0.1) is 17.3 Å². The molecular weight excluding hydrogens is 522 g/mol. The molecule has 0 aromatic heterocycles. The van der Waals surface area contributed by atoms with E-state index in [9.17, 15) is 19.5 Å². The molecule has 1 aromatic rings. The SMILES string of the molecule is CC(C)(C)CC(C)(C)N1CC=C[C@]23S[C@@H]4C=CCN(c5ccccc5)C(=O)[C@@H]4[C@H]2C(=O)N(CCCCO)C3C1=O. The number of likely N-dealkylation sites (tertiary alicyclic amines) is 1. The number of carbonyl (C=O) groups excluding carboxylic acids is 3. The highest BCUT2D eigenvalue weighted by molar-refractivity contribution is 8.02. The van der Waals surface area contributed by atoms with Crippen LogP contribution in [-0.2, 0) is 14.4 Å². The standard InChI is InChI=1S/C32H43N3O4S/c1-30(2,3)21-31(4,5)35-19-12-16-32-25(28(38)34(17-9-10-20-36)26(32)29(35)39)24-23(40-32)15-11-18-33(27(24)37)22-13-7-6-8-14-22/h6-8,11-16,23-26,36H,9-10,17-21H2,1-5H3/t23-,24+,25+,26?,32+/m1/s1. The second kappa shape index (κ2) is 10.7. The molecule has 2 saturated heterocycles. The summed E-state index contributed by atoms with van der Waals surface area (Å²) in [4.78, 5) is 48.8. The number of benzene rings is 1. The van der Waals surface area contributed by atoms with Gasteiger partial charge in [0, 0.05) is 42.7 Å². The lowest BCUT2D eigenvalue weighted by atomic mass is 9.77. The number of anilines is 1. The Morgan fingerprint density at radius 3 is 2.35 bits per heavy atom. The Morgan fingerprint density at radius 1 is 0.950 bits per heavy atom. The number of carbonyl (C=O) groups is 3. The van der Waals surface area contributed by atoms with E-state index in [1.54, 1.807) is 21.6 Å². The van der Waals surface area contributed by atoms with Gasteiger partial charge in [0.25, 0.3) is 0 Å². The molecule has 40 heavy (non-hydrogen) atoms. The molecule has 5 rings (SSSR count). The van der Waals surface area contributed by atoms with Gasteiger partial charge < -0.3 is 19.8 Å². The number of hydrogen-bond acceptors (Lipinski definition) is 5. The number of rotatable bonds is 7. The molecule has 4 heterocycles. The number of amides is 3. The molecule has 0 bridgehead atoms. The average molecular weight is 566 g/mol. The lowest BCUT2D eigenvalue weighted by Gasteiger charge is -2.44. The summed E-state index contributed by atoms with van der Waals surface area (Å²) in [6.45, 7) is 12.1. The topological polar surface area (TPSA) is 81.2 Å². The number of nitrogens with zero attached hydrogens (tertiary/aromatic N) is 3. The molecule has 1 aromatic carbocycles. The van der Waals surface area contributed by atoms with Gasteiger partial charge in [0.05, 0.1) is 16.6 Å². The Labute approximate surface area is 242 Å². The van der Waals surface area contributed by atoms with Gasteiger partial charge in [0.15, 0.2) is 0 Å². The smallest absolute Gasteiger partial charge is 0.247 e. The maximum absolute atomic E-state index is 14.6. The summed E-state index contributed by atoms with van der Waals surface area (Å²) in [5.74, 6) is -1.41. The van der Waals surface area contributed by atoms with Crippen LogP contribution < -0.4 is 4.90 Å². The molecule has 216 valence electrons. The van der Waals surface area contributed by atoms with Gasteiger partial charge in [-0.3, -0.25) is 14.4 Å². The van der Waals surface area contributed by atoms with Crippen molar-refractivity contribution >= 4 is 35.2 Å². The van der Waals surface area contributed by atoms with Crippen molar-refractivity contribution in [3.8, 4) is 0 Å². The quantitative estimate of drug-likeness (QED) is 0.395. The van der Waals surface area contributed by atoms with Crippen LogP contribution >= 0.6 is 11.8 Å². The van der Waals surface area contributed by atoms with E-state index in [-0.39, 0.29) is 35.0 Å². The maximum atomic E-state index is 14.6. The lowest BCUT2D eigenvalue weighted by Crippen LogP contribution is -2.58. The molecule has 1 N–H and O–H groups in total. The second-order valence-electron chi connectivity index (χ2n) is 13.4. The van der Waals surface area contributed by atoms with Crippen molar-refractivity contribution in [3.05, 3.63) is 54.6 Å². The molecule has 5 atom stereocenters. The van der Waals surface area contributed by atoms with Crippen molar-refractivity contribution in [1.29, 1.82) is 0 Å². The summed E-state index contributed by atoms with van der Waals surface area (Å²) in [7, 11) is 0. The van der Waals surface area contributed by atoms with Crippen molar-refractivity contribution in [2.45, 2.75) is 75.5 Å². The Balaban J connectivity index is 1.57. The summed E-state index contributed by atoms with van der Waals surface area (Å²) < 4.78 is -0.824. The molecule has 4 aliphatic rings. The Bertz CT molecular complexity index is 1210. The fraction of sp³-hybridized carbons (Fsp3) is 0.594. The molecule has 1 spiro atoms. The largest absolute Gasteiger partial charge is 0.396 e. The molecular formula is C32H43N3O4S. The van der Waals surface area contributed by atoms with E-state index < -0.39 is 28.2 Å². The zero-order valence-corrected chi connectivity index (χ0v) is 25.2. The van der Waals surface area contributed by atoms with E-state index in [4.69, 9.17) is 0 Å². The molecule has 0 saturated carbocycles. The van der Waals surface area contributed by atoms with Crippen LogP contribution in [-0.4, -0.2) is 80.4 Å². The van der Waals surface area contributed by atoms with Gasteiger partial charge in [-0.25, -0.2) is 0 Å². The van der Waals surface area contributed by atoms with E-state index in [2.05, 4.69) is 52.8 Å². The van der Waals surface area contributed by atoms with E-state index in [0.29, 0.717) is 32.5 Å². The average Bonchev–Trinajstić information content (AvgIpc) is 3.18. The minimum absolute atomic E-state index is 0.0136. The third-order valence-corrected chi connectivity index (χ3v) is 10.5. The van der Waals surface area contributed by atoms with E-state index in [0.717, 1.165) is 12.1 Å². The monoisotopic (exact) mass is 565 g/mol. The summed E-state index contributed by atoms with van der Waals surface area (Å²) >= 11 is 1.62. The number of thioether (sulfide) groups is 1. The number of unbranched alkanes of at least 4 members (excludes halogenated alkanes) is 1. The van der Waals surface area contributed by atoms with Gasteiger partial charge in [-0.05, 0) is 50.7 Å². The first-order valence-electron chi connectivity index (χ1n) is 14.5. The first kappa shape index (κ1) is 28.9. The molecule has 0 radical (unpaired) electrons. The van der Waals surface area contributed by atoms with Gasteiger partial charge in [-0.2, -0.15) is 0 Å². The van der Waals surface area contributed by atoms with Crippen LogP contribution in [0.15, 0.2) is 54.6 Å². The minimum atomic E-state index is -0.824. The van der Waals surface area contributed by atoms with Crippen molar-refractivity contribution in [1.82, 2.24) is 9.80 Å². The predicted molar refractivity (Wildman–Crippen MR) is 160 cm³/mol. The normalized spacial score (nSPS) is 30.4. The summed E-state index contributed by atoms with van der Waals surface area (Å²) in [5, 5.41) is 9.27. The highest BCUT2D eigenvalue weighted by atomic mass is 32.2.